The van der Waals surface area contributed by atoms with Crippen molar-refractivity contribution in [2.45, 2.75) is 25.7 Å². The van der Waals surface area contributed by atoms with E-state index < -0.39 is 12.2 Å². The van der Waals surface area contributed by atoms with E-state index in [0.717, 1.165) is 11.5 Å². The van der Waals surface area contributed by atoms with Crippen LogP contribution >= 0.6 is 0 Å². The van der Waals surface area contributed by atoms with Gasteiger partial charge in [-0.1, -0.05) is 5.16 Å². The van der Waals surface area contributed by atoms with Crippen LogP contribution in [0.2, 0.25) is 0 Å². The molecule has 0 saturated carbocycles. The molecular formula is C9H14N2O3. The second-order valence-electron chi connectivity index (χ2n) is 3.76. The summed E-state index contributed by atoms with van der Waals surface area (Å²) in [7, 11) is 0. The van der Waals surface area contributed by atoms with Gasteiger partial charge in [-0.15, -0.1) is 0 Å². The van der Waals surface area contributed by atoms with Gasteiger partial charge in [-0.25, -0.2) is 0 Å². The normalized spacial score (nSPS) is 28.5. The number of aliphatic hydroxyl groups excluding tert-OH is 2. The lowest BCUT2D eigenvalue weighted by Gasteiger charge is -2.11. The standard InChI is InChI=1S/C9H14N2O3/c1-6-2-7(14-10-6)3-11-4-8(12)9(13)5-11/h2,8-9,12-13H,3-5H2,1H3. The molecule has 0 aliphatic carbocycles. The second kappa shape index (κ2) is 3.68. The Hall–Kier alpha value is -0.910. The first kappa shape index (κ1) is 9.64. The Morgan fingerprint density at radius 3 is 2.64 bits per heavy atom. The average molecular weight is 198 g/mol. The molecule has 2 N–H and O–H groups in total. The van der Waals surface area contributed by atoms with Crippen LogP contribution in [0, 0.1) is 6.92 Å². The quantitative estimate of drug-likeness (QED) is 0.671. The third-order valence-electron chi connectivity index (χ3n) is 2.39. The van der Waals surface area contributed by atoms with Crippen LogP contribution in [0.15, 0.2) is 10.6 Å². The van der Waals surface area contributed by atoms with Crippen LogP contribution < -0.4 is 0 Å². The highest BCUT2D eigenvalue weighted by atomic mass is 16.5. The lowest BCUT2D eigenvalue weighted by molar-refractivity contribution is 0.0572. The summed E-state index contributed by atoms with van der Waals surface area (Å²) in [4.78, 5) is 1.94. The zero-order valence-electron chi connectivity index (χ0n) is 8.05. The van der Waals surface area contributed by atoms with Gasteiger partial charge in [0.05, 0.1) is 24.4 Å². The van der Waals surface area contributed by atoms with Crippen LogP contribution in [0.4, 0.5) is 0 Å². The molecular weight excluding hydrogens is 184 g/mol. The molecule has 2 atom stereocenters. The number of β-amino-alcohol motifs (C(OH)–C–C–N with tert-alkyl or cyclic N) is 2. The number of likely N-dealkylation sites (tertiary alicyclic amines) is 1. The second-order valence-corrected chi connectivity index (χ2v) is 3.76. The van der Waals surface area contributed by atoms with Crippen molar-refractivity contribution >= 4 is 0 Å². The molecule has 78 valence electrons. The highest BCUT2D eigenvalue weighted by molar-refractivity contribution is 5.03. The third-order valence-corrected chi connectivity index (χ3v) is 2.39. The molecule has 0 amide bonds. The Kier molecular flexibility index (Phi) is 2.54. The van der Waals surface area contributed by atoms with Crippen molar-refractivity contribution < 1.29 is 14.7 Å². The van der Waals surface area contributed by atoms with Crippen molar-refractivity contribution in [2.24, 2.45) is 0 Å². The van der Waals surface area contributed by atoms with Gasteiger partial charge in [0.15, 0.2) is 5.76 Å². The lowest BCUT2D eigenvalue weighted by atomic mass is 10.3. The number of aryl methyl sites for hydroxylation is 1. The molecule has 0 aromatic carbocycles. The van der Waals surface area contributed by atoms with E-state index in [-0.39, 0.29) is 0 Å². The van der Waals surface area contributed by atoms with Gasteiger partial charge in [0.25, 0.3) is 0 Å². The molecule has 0 spiro atoms. The van der Waals surface area contributed by atoms with Gasteiger partial charge in [0.2, 0.25) is 0 Å². The number of nitrogens with zero attached hydrogens (tertiary/aromatic N) is 2. The largest absolute Gasteiger partial charge is 0.389 e. The van der Waals surface area contributed by atoms with E-state index in [0.29, 0.717) is 19.6 Å². The molecule has 1 aromatic heterocycles. The molecule has 1 aliphatic rings. The van der Waals surface area contributed by atoms with Crippen molar-refractivity contribution in [3.05, 3.63) is 17.5 Å². The van der Waals surface area contributed by atoms with Crippen LogP contribution in [0.3, 0.4) is 0 Å². The van der Waals surface area contributed by atoms with E-state index in [1.807, 2.05) is 17.9 Å². The minimum atomic E-state index is -0.640. The zero-order chi connectivity index (χ0) is 10.1. The summed E-state index contributed by atoms with van der Waals surface area (Å²) in [5.74, 6) is 0.767. The molecule has 1 saturated heterocycles. The zero-order valence-corrected chi connectivity index (χ0v) is 8.05. The minimum absolute atomic E-state index is 0.487. The summed E-state index contributed by atoms with van der Waals surface area (Å²) in [6.07, 6.45) is -1.28. The number of hydrogen-bond acceptors (Lipinski definition) is 5. The molecule has 0 bridgehead atoms. The summed E-state index contributed by atoms with van der Waals surface area (Å²) < 4.78 is 5.04. The van der Waals surface area contributed by atoms with Crippen LogP contribution in [0.5, 0.6) is 0 Å². The summed E-state index contributed by atoms with van der Waals surface area (Å²) in [6, 6.07) is 1.86. The fraction of sp³-hybridized carbons (Fsp3) is 0.667. The van der Waals surface area contributed by atoms with Crippen LogP contribution in [-0.4, -0.2) is 45.6 Å². The maximum Gasteiger partial charge on any atom is 0.150 e. The Balaban J connectivity index is 1.93. The predicted molar refractivity (Wildman–Crippen MR) is 48.5 cm³/mol. The van der Waals surface area contributed by atoms with Crippen molar-refractivity contribution in [3.8, 4) is 0 Å². The Morgan fingerprint density at radius 2 is 2.14 bits per heavy atom. The lowest BCUT2D eigenvalue weighted by Crippen LogP contribution is -2.22. The Bertz CT molecular complexity index is 303. The van der Waals surface area contributed by atoms with Gasteiger partial charge in [0.1, 0.15) is 0 Å². The summed E-state index contributed by atoms with van der Waals surface area (Å²) in [6.45, 7) is 3.43. The maximum atomic E-state index is 9.31. The molecule has 0 radical (unpaired) electrons. The third kappa shape index (κ3) is 1.95. The van der Waals surface area contributed by atoms with Crippen molar-refractivity contribution in [1.29, 1.82) is 0 Å². The summed E-state index contributed by atoms with van der Waals surface area (Å²) in [5, 5.41) is 22.4. The molecule has 2 unspecified atom stereocenters. The van der Waals surface area contributed by atoms with Gasteiger partial charge < -0.3 is 14.7 Å². The van der Waals surface area contributed by atoms with Gasteiger partial charge in [0, 0.05) is 19.2 Å². The average Bonchev–Trinajstić information content (AvgIpc) is 2.62. The molecule has 2 rings (SSSR count). The Morgan fingerprint density at radius 1 is 1.50 bits per heavy atom. The first-order chi connectivity index (χ1) is 6.65. The van der Waals surface area contributed by atoms with E-state index in [1.54, 1.807) is 0 Å². The fourth-order valence-electron chi connectivity index (χ4n) is 1.69. The first-order valence-electron chi connectivity index (χ1n) is 4.66. The molecule has 2 heterocycles. The SMILES string of the molecule is Cc1cc(CN2CC(O)C(O)C2)on1. The highest BCUT2D eigenvalue weighted by Gasteiger charge is 2.29. The van der Waals surface area contributed by atoms with E-state index in [9.17, 15) is 10.2 Å². The first-order valence-corrected chi connectivity index (χ1v) is 4.66. The van der Waals surface area contributed by atoms with Crippen molar-refractivity contribution in [3.63, 3.8) is 0 Å². The van der Waals surface area contributed by atoms with Gasteiger partial charge in [-0.2, -0.15) is 0 Å². The Labute approximate surface area is 81.9 Å². The van der Waals surface area contributed by atoms with Gasteiger partial charge in [-0.05, 0) is 6.92 Å². The topological polar surface area (TPSA) is 69.7 Å². The monoisotopic (exact) mass is 198 g/mol. The molecule has 1 aromatic rings. The number of aliphatic hydroxyl groups is 2. The van der Waals surface area contributed by atoms with E-state index >= 15 is 0 Å². The van der Waals surface area contributed by atoms with Crippen LogP contribution in [-0.2, 0) is 6.54 Å². The van der Waals surface area contributed by atoms with Crippen LogP contribution in [0.25, 0.3) is 0 Å². The van der Waals surface area contributed by atoms with Gasteiger partial charge >= 0.3 is 0 Å². The summed E-state index contributed by atoms with van der Waals surface area (Å²) in [5.41, 5.74) is 0.847. The van der Waals surface area contributed by atoms with Crippen molar-refractivity contribution in [1.82, 2.24) is 10.1 Å². The van der Waals surface area contributed by atoms with E-state index in [1.165, 1.54) is 0 Å². The smallest absolute Gasteiger partial charge is 0.150 e. The van der Waals surface area contributed by atoms with E-state index in [4.69, 9.17) is 4.52 Å². The molecule has 14 heavy (non-hydrogen) atoms. The summed E-state index contributed by atoms with van der Waals surface area (Å²) >= 11 is 0. The minimum Gasteiger partial charge on any atom is -0.389 e. The molecule has 1 aliphatic heterocycles. The van der Waals surface area contributed by atoms with Crippen LogP contribution in [0.1, 0.15) is 11.5 Å². The number of aromatic nitrogens is 1. The van der Waals surface area contributed by atoms with Gasteiger partial charge in [-0.3, -0.25) is 4.90 Å². The number of rotatable bonds is 2. The molecule has 5 heteroatoms. The predicted octanol–water partition coefficient (Wildman–Crippen LogP) is -0.480. The maximum absolute atomic E-state index is 9.31. The number of hydrogen-bond donors (Lipinski definition) is 2. The molecule has 5 nitrogen and oxygen atoms in total. The highest BCUT2D eigenvalue weighted by Crippen LogP contribution is 2.14. The fourth-order valence-corrected chi connectivity index (χ4v) is 1.69. The van der Waals surface area contributed by atoms with Crippen molar-refractivity contribution in [2.75, 3.05) is 13.1 Å². The van der Waals surface area contributed by atoms with E-state index in [2.05, 4.69) is 5.16 Å². The molecule has 1 fully saturated rings.